The van der Waals surface area contributed by atoms with Crippen LogP contribution in [0.25, 0.3) is 0 Å². The van der Waals surface area contributed by atoms with Crippen LogP contribution in [-0.2, 0) is 0 Å². The monoisotopic (exact) mass is 262 g/mol. The lowest BCUT2D eigenvalue weighted by Gasteiger charge is -2.30. The summed E-state index contributed by atoms with van der Waals surface area (Å²) >= 11 is 0. The largest absolute Gasteiger partial charge is 0.377 e. The van der Waals surface area contributed by atoms with E-state index in [2.05, 4.69) is 12.2 Å². The van der Waals surface area contributed by atoms with Gasteiger partial charge in [0.25, 0.3) is 5.69 Å². The molecule has 1 aromatic rings. The molecule has 104 valence electrons. The summed E-state index contributed by atoms with van der Waals surface area (Å²) in [4.78, 5) is 10.8. The molecule has 1 aromatic carbocycles. The Hall–Kier alpha value is -1.58. The highest BCUT2D eigenvalue weighted by Gasteiger charge is 2.24. The van der Waals surface area contributed by atoms with Crippen molar-refractivity contribution in [2.24, 2.45) is 5.92 Å². The number of hydrogen-bond acceptors (Lipinski definition) is 3. The number of rotatable bonds is 4. The van der Waals surface area contributed by atoms with Crippen LogP contribution in [0.15, 0.2) is 18.2 Å². The molecule has 0 aromatic heterocycles. The van der Waals surface area contributed by atoms with Gasteiger partial charge in [-0.2, -0.15) is 0 Å². The predicted molar refractivity (Wildman–Crippen MR) is 77.5 cm³/mol. The normalized spacial score (nSPS) is 23.1. The average Bonchev–Trinajstić information content (AvgIpc) is 2.41. The maximum atomic E-state index is 11.1. The van der Waals surface area contributed by atoms with Crippen molar-refractivity contribution in [2.75, 3.05) is 5.32 Å². The van der Waals surface area contributed by atoms with Gasteiger partial charge in [0, 0.05) is 12.1 Å². The first-order valence-electron chi connectivity index (χ1n) is 7.12. The van der Waals surface area contributed by atoms with Gasteiger partial charge in [-0.15, -0.1) is 0 Å². The molecule has 0 radical (unpaired) electrons. The number of aryl methyl sites for hydroxylation is 1. The molecule has 0 heterocycles. The minimum Gasteiger partial charge on any atom is -0.377 e. The van der Waals surface area contributed by atoms with E-state index >= 15 is 0 Å². The van der Waals surface area contributed by atoms with Gasteiger partial charge in [0.2, 0.25) is 0 Å². The minimum atomic E-state index is -0.296. The number of nitro groups is 1. The maximum absolute atomic E-state index is 11.1. The van der Waals surface area contributed by atoms with Gasteiger partial charge in [-0.3, -0.25) is 10.1 Å². The van der Waals surface area contributed by atoms with Crippen molar-refractivity contribution in [1.82, 2.24) is 0 Å². The lowest BCUT2D eigenvalue weighted by atomic mass is 9.84. The fraction of sp³-hybridized carbons (Fsp3) is 0.600. The number of anilines is 1. The number of nitrogens with one attached hydrogen (secondary N) is 1. The average molecular weight is 262 g/mol. The third kappa shape index (κ3) is 3.25. The van der Waals surface area contributed by atoms with Crippen LogP contribution in [-0.4, -0.2) is 11.0 Å². The lowest BCUT2D eigenvalue weighted by molar-refractivity contribution is -0.384. The van der Waals surface area contributed by atoms with Gasteiger partial charge in [-0.25, -0.2) is 0 Å². The van der Waals surface area contributed by atoms with Crippen LogP contribution in [0.4, 0.5) is 11.4 Å². The van der Waals surface area contributed by atoms with E-state index in [4.69, 9.17) is 0 Å². The molecule has 1 N–H and O–H groups in total. The molecule has 2 unspecified atom stereocenters. The molecule has 0 bridgehead atoms. The Morgan fingerprint density at radius 3 is 2.89 bits per heavy atom. The molecule has 19 heavy (non-hydrogen) atoms. The summed E-state index contributed by atoms with van der Waals surface area (Å²) in [6.45, 7) is 4.15. The van der Waals surface area contributed by atoms with E-state index in [-0.39, 0.29) is 10.6 Å². The minimum absolute atomic E-state index is 0.193. The molecule has 1 saturated carbocycles. The van der Waals surface area contributed by atoms with Gasteiger partial charge < -0.3 is 5.32 Å². The third-order valence-corrected chi connectivity index (χ3v) is 4.16. The topological polar surface area (TPSA) is 55.2 Å². The standard InChI is InChI=1S/C15H22N2O2/c1-3-12-7-5-8-13(10-12)16-15-11(2)6-4-9-14(15)17(18)19/h4,6,9,12-13,16H,3,5,7-8,10H2,1-2H3. The first kappa shape index (κ1) is 13.8. The zero-order chi connectivity index (χ0) is 13.8. The number of nitro benzene ring substituents is 1. The first-order valence-corrected chi connectivity index (χ1v) is 7.12. The summed E-state index contributed by atoms with van der Waals surface area (Å²) in [6, 6.07) is 5.62. The van der Waals surface area contributed by atoms with Gasteiger partial charge in [-0.1, -0.05) is 38.3 Å². The quantitative estimate of drug-likeness (QED) is 0.650. The van der Waals surface area contributed by atoms with Gasteiger partial charge in [0.15, 0.2) is 0 Å². The van der Waals surface area contributed by atoms with E-state index in [1.54, 1.807) is 12.1 Å². The van der Waals surface area contributed by atoms with Gasteiger partial charge in [-0.05, 0) is 31.2 Å². The molecule has 0 spiro atoms. The highest BCUT2D eigenvalue weighted by Crippen LogP contribution is 2.33. The SMILES string of the molecule is CCC1CCCC(Nc2c(C)cccc2[N+](=O)[O-])C1. The fourth-order valence-electron chi connectivity index (χ4n) is 2.99. The molecule has 4 nitrogen and oxygen atoms in total. The van der Waals surface area contributed by atoms with Crippen LogP contribution in [0.3, 0.4) is 0 Å². The Labute approximate surface area is 114 Å². The molecule has 1 aliphatic carbocycles. The molecule has 1 fully saturated rings. The molecule has 1 aliphatic rings. The van der Waals surface area contributed by atoms with Crippen molar-refractivity contribution in [3.05, 3.63) is 33.9 Å². The Kier molecular flexibility index (Phi) is 4.40. The smallest absolute Gasteiger partial charge is 0.292 e. The van der Waals surface area contributed by atoms with E-state index in [1.807, 2.05) is 13.0 Å². The summed E-state index contributed by atoms with van der Waals surface area (Å²) in [5.41, 5.74) is 1.85. The zero-order valence-electron chi connectivity index (χ0n) is 11.7. The third-order valence-electron chi connectivity index (χ3n) is 4.16. The molecular weight excluding hydrogens is 240 g/mol. The lowest BCUT2D eigenvalue weighted by Crippen LogP contribution is -2.27. The maximum Gasteiger partial charge on any atom is 0.292 e. The number of para-hydroxylation sites is 1. The van der Waals surface area contributed by atoms with Crippen LogP contribution >= 0.6 is 0 Å². The summed E-state index contributed by atoms with van der Waals surface area (Å²) < 4.78 is 0. The number of nitrogens with zero attached hydrogens (tertiary/aromatic N) is 1. The van der Waals surface area contributed by atoms with Crippen molar-refractivity contribution in [3.8, 4) is 0 Å². The van der Waals surface area contributed by atoms with Crippen molar-refractivity contribution in [3.63, 3.8) is 0 Å². The highest BCUT2D eigenvalue weighted by molar-refractivity contribution is 5.66. The molecule has 0 aliphatic heterocycles. The van der Waals surface area contributed by atoms with E-state index in [0.717, 1.165) is 24.3 Å². The molecule has 2 rings (SSSR count). The molecule has 0 saturated heterocycles. The van der Waals surface area contributed by atoms with Crippen LogP contribution in [0.2, 0.25) is 0 Å². The van der Waals surface area contributed by atoms with Gasteiger partial charge in [0.05, 0.1) is 4.92 Å². The molecule has 0 amide bonds. The van der Waals surface area contributed by atoms with Crippen LogP contribution in [0.1, 0.15) is 44.6 Å². The van der Waals surface area contributed by atoms with Crippen molar-refractivity contribution >= 4 is 11.4 Å². The van der Waals surface area contributed by atoms with Crippen molar-refractivity contribution < 1.29 is 4.92 Å². The molecular formula is C15H22N2O2. The second-order valence-electron chi connectivity index (χ2n) is 5.51. The van der Waals surface area contributed by atoms with E-state index in [9.17, 15) is 10.1 Å². The van der Waals surface area contributed by atoms with Crippen LogP contribution in [0, 0.1) is 23.0 Å². The first-order chi connectivity index (χ1) is 9.11. The highest BCUT2D eigenvalue weighted by atomic mass is 16.6. The summed E-state index contributed by atoms with van der Waals surface area (Å²) in [5.74, 6) is 0.759. The molecule has 2 atom stereocenters. The number of benzene rings is 1. The predicted octanol–water partition coefficient (Wildman–Crippen LogP) is 4.28. The van der Waals surface area contributed by atoms with E-state index in [0.29, 0.717) is 11.7 Å². The van der Waals surface area contributed by atoms with Gasteiger partial charge >= 0.3 is 0 Å². The second-order valence-corrected chi connectivity index (χ2v) is 5.51. The summed E-state index contributed by atoms with van der Waals surface area (Å²) in [7, 11) is 0. The van der Waals surface area contributed by atoms with Crippen molar-refractivity contribution in [1.29, 1.82) is 0 Å². The van der Waals surface area contributed by atoms with Gasteiger partial charge in [0.1, 0.15) is 5.69 Å². The zero-order valence-corrected chi connectivity index (χ0v) is 11.7. The number of hydrogen-bond donors (Lipinski definition) is 1. The second kappa shape index (κ2) is 6.04. The summed E-state index contributed by atoms with van der Waals surface area (Å²) in [5, 5.41) is 14.5. The van der Waals surface area contributed by atoms with Crippen LogP contribution < -0.4 is 5.32 Å². The van der Waals surface area contributed by atoms with E-state index < -0.39 is 0 Å². The fourth-order valence-corrected chi connectivity index (χ4v) is 2.99. The van der Waals surface area contributed by atoms with Crippen molar-refractivity contribution in [2.45, 2.75) is 52.0 Å². The Morgan fingerprint density at radius 2 is 2.21 bits per heavy atom. The van der Waals surface area contributed by atoms with E-state index in [1.165, 1.54) is 19.3 Å². The molecule has 4 heteroatoms. The Balaban J connectivity index is 2.16. The Morgan fingerprint density at radius 1 is 1.42 bits per heavy atom. The van der Waals surface area contributed by atoms with Crippen LogP contribution in [0.5, 0.6) is 0 Å². The summed E-state index contributed by atoms with van der Waals surface area (Å²) in [6.07, 6.45) is 5.96. The Bertz CT molecular complexity index is 459.